The van der Waals surface area contributed by atoms with E-state index in [1.807, 2.05) is 31.2 Å². The highest BCUT2D eigenvalue weighted by molar-refractivity contribution is 6.30. The Labute approximate surface area is 163 Å². The van der Waals surface area contributed by atoms with Crippen molar-refractivity contribution in [3.63, 3.8) is 0 Å². The second-order valence-electron chi connectivity index (χ2n) is 5.97. The highest BCUT2D eigenvalue weighted by Gasteiger charge is 2.34. The minimum absolute atomic E-state index is 0.0420. The summed E-state index contributed by atoms with van der Waals surface area (Å²) >= 11 is 5.61. The van der Waals surface area contributed by atoms with Crippen molar-refractivity contribution >= 4 is 23.3 Å². The maximum atomic E-state index is 13.1. The minimum Gasteiger partial charge on any atom is -0.331 e. The fourth-order valence-electron chi connectivity index (χ4n) is 2.40. The summed E-state index contributed by atoms with van der Waals surface area (Å²) < 4.78 is 39.2. The van der Waals surface area contributed by atoms with Gasteiger partial charge in [0.05, 0.1) is 17.8 Å². The number of halogens is 4. The van der Waals surface area contributed by atoms with Crippen LogP contribution in [0.15, 0.2) is 42.5 Å². The molecule has 2 aromatic carbocycles. The first-order valence-electron chi connectivity index (χ1n) is 8.12. The number of nitrogens with zero attached hydrogens (tertiary/aromatic N) is 2. The Balaban J connectivity index is 1.63. The molecular weight excluding hydrogens is 395 g/mol. The molecule has 1 aromatic heterocycles. The van der Waals surface area contributed by atoms with E-state index in [1.165, 1.54) is 6.07 Å². The smallest absolute Gasteiger partial charge is 0.331 e. The Morgan fingerprint density at radius 3 is 2.57 bits per heavy atom. The van der Waals surface area contributed by atoms with Gasteiger partial charge in [0, 0.05) is 10.6 Å². The number of rotatable bonds is 4. The highest BCUT2D eigenvalue weighted by atomic mass is 35.5. The topological polar surface area (TPSA) is 82.7 Å². The molecule has 0 aliphatic heterocycles. The zero-order valence-electron chi connectivity index (χ0n) is 14.6. The van der Waals surface area contributed by atoms with Gasteiger partial charge in [-0.25, -0.2) is 9.78 Å². The summed E-state index contributed by atoms with van der Waals surface area (Å²) in [5, 5.41) is 11.3. The first kappa shape index (κ1) is 19.7. The van der Waals surface area contributed by atoms with Crippen LogP contribution in [0.2, 0.25) is 5.02 Å². The molecule has 146 valence electrons. The SMILES string of the molecule is Cc1ccc(-c2n[nH]c(CNC(=O)Nc3ccc(Cl)cc3C(F)(F)F)n2)cc1. The zero-order chi connectivity index (χ0) is 20.3. The number of alkyl halides is 3. The summed E-state index contributed by atoms with van der Waals surface area (Å²) in [6.45, 7) is 1.92. The monoisotopic (exact) mass is 409 g/mol. The number of amides is 2. The van der Waals surface area contributed by atoms with Gasteiger partial charge in [-0.05, 0) is 25.1 Å². The van der Waals surface area contributed by atoms with Crippen molar-refractivity contribution in [1.82, 2.24) is 20.5 Å². The summed E-state index contributed by atoms with van der Waals surface area (Å²) in [4.78, 5) is 16.2. The molecule has 0 fully saturated rings. The molecule has 0 unspecified atom stereocenters. The Morgan fingerprint density at radius 2 is 1.89 bits per heavy atom. The molecule has 0 atom stereocenters. The van der Waals surface area contributed by atoms with Gasteiger partial charge in [-0.15, -0.1) is 0 Å². The fourth-order valence-corrected chi connectivity index (χ4v) is 2.57. The summed E-state index contributed by atoms with van der Waals surface area (Å²) in [7, 11) is 0. The number of aryl methyl sites for hydroxylation is 1. The molecule has 3 rings (SSSR count). The van der Waals surface area contributed by atoms with E-state index in [-0.39, 0.29) is 11.6 Å². The Morgan fingerprint density at radius 1 is 1.18 bits per heavy atom. The van der Waals surface area contributed by atoms with Crippen molar-refractivity contribution in [2.45, 2.75) is 19.6 Å². The van der Waals surface area contributed by atoms with Crippen LogP contribution in [0.3, 0.4) is 0 Å². The van der Waals surface area contributed by atoms with Crippen LogP contribution in [0.25, 0.3) is 11.4 Å². The summed E-state index contributed by atoms with van der Waals surface area (Å²) in [6, 6.07) is 9.85. The summed E-state index contributed by atoms with van der Waals surface area (Å²) in [5.41, 5.74) is 0.468. The largest absolute Gasteiger partial charge is 0.418 e. The van der Waals surface area contributed by atoms with E-state index in [0.29, 0.717) is 11.6 Å². The van der Waals surface area contributed by atoms with Crippen molar-refractivity contribution in [2.75, 3.05) is 5.32 Å². The van der Waals surface area contributed by atoms with Crippen molar-refractivity contribution in [1.29, 1.82) is 0 Å². The van der Waals surface area contributed by atoms with E-state index < -0.39 is 23.5 Å². The van der Waals surface area contributed by atoms with Gasteiger partial charge in [-0.2, -0.15) is 18.3 Å². The number of anilines is 1. The number of H-pyrrole nitrogens is 1. The summed E-state index contributed by atoms with van der Waals surface area (Å²) in [5.74, 6) is 0.812. The third kappa shape index (κ3) is 4.80. The molecular formula is C18H15ClF3N5O. The number of nitrogens with one attached hydrogen (secondary N) is 3. The number of benzene rings is 2. The van der Waals surface area contributed by atoms with Crippen LogP contribution in [0.5, 0.6) is 0 Å². The lowest BCUT2D eigenvalue weighted by molar-refractivity contribution is -0.136. The third-order valence-electron chi connectivity index (χ3n) is 3.79. The maximum Gasteiger partial charge on any atom is 0.418 e. The molecule has 0 saturated heterocycles. The van der Waals surface area contributed by atoms with Crippen LogP contribution in [-0.4, -0.2) is 21.2 Å². The van der Waals surface area contributed by atoms with Gasteiger partial charge in [0.2, 0.25) is 0 Å². The highest BCUT2D eigenvalue weighted by Crippen LogP contribution is 2.36. The van der Waals surface area contributed by atoms with Crippen LogP contribution in [-0.2, 0) is 12.7 Å². The van der Waals surface area contributed by atoms with E-state index in [1.54, 1.807) is 0 Å². The standard InChI is InChI=1S/C18H15ClF3N5O/c1-10-2-4-11(5-3-10)16-25-15(26-27-16)9-23-17(28)24-14-7-6-12(19)8-13(14)18(20,21)22/h2-8H,9H2,1H3,(H2,23,24,28)(H,25,26,27). The quantitative estimate of drug-likeness (QED) is 0.580. The molecule has 1 heterocycles. The average molecular weight is 410 g/mol. The van der Waals surface area contributed by atoms with Crippen LogP contribution in [0.1, 0.15) is 17.0 Å². The van der Waals surface area contributed by atoms with Crippen LogP contribution >= 0.6 is 11.6 Å². The molecule has 3 N–H and O–H groups in total. The predicted octanol–water partition coefficient (Wildman–Crippen LogP) is 4.77. The van der Waals surface area contributed by atoms with Crippen molar-refractivity contribution in [3.8, 4) is 11.4 Å². The van der Waals surface area contributed by atoms with Gasteiger partial charge < -0.3 is 10.6 Å². The number of aromatic amines is 1. The lowest BCUT2D eigenvalue weighted by Gasteiger charge is -2.14. The second-order valence-corrected chi connectivity index (χ2v) is 6.40. The Kier molecular flexibility index (Phi) is 5.55. The molecule has 0 saturated carbocycles. The van der Waals surface area contributed by atoms with Gasteiger partial charge in [-0.3, -0.25) is 5.10 Å². The van der Waals surface area contributed by atoms with Crippen LogP contribution < -0.4 is 10.6 Å². The Bertz CT molecular complexity index is 986. The Hall–Kier alpha value is -3.07. The van der Waals surface area contributed by atoms with Gasteiger partial charge in [-0.1, -0.05) is 41.4 Å². The zero-order valence-corrected chi connectivity index (χ0v) is 15.3. The number of aromatic nitrogens is 3. The predicted molar refractivity (Wildman–Crippen MR) is 98.9 cm³/mol. The van der Waals surface area contributed by atoms with Crippen LogP contribution in [0.4, 0.5) is 23.7 Å². The average Bonchev–Trinajstić information content (AvgIpc) is 3.10. The number of hydrogen-bond acceptors (Lipinski definition) is 3. The number of urea groups is 1. The molecule has 28 heavy (non-hydrogen) atoms. The first-order valence-corrected chi connectivity index (χ1v) is 8.50. The van der Waals surface area contributed by atoms with Gasteiger partial charge in [0.25, 0.3) is 0 Å². The van der Waals surface area contributed by atoms with Crippen molar-refractivity contribution in [2.24, 2.45) is 0 Å². The third-order valence-corrected chi connectivity index (χ3v) is 4.03. The number of carbonyl (C=O) groups excluding carboxylic acids is 1. The number of carbonyl (C=O) groups is 1. The lowest BCUT2D eigenvalue weighted by atomic mass is 10.1. The summed E-state index contributed by atoms with van der Waals surface area (Å²) in [6.07, 6.45) is -4.65. The molecule has 0 spiro atoms. The molecule has 0 aliphatic carbocycles. The van der Waals surface area contributed by atoms with Crippen LogP contribution in [0, 0.1) is 6.92 Å². The second kappa shape index (κ2) is 7.89. The first-order chi connectivity index (χ1) is 13.2. The van der Waals surface area contributed by atoms with Gasteiger partial charge in [0.1, 0.15) is 5.82 Å². The van der Waals surface area contributed by atoms with Gasteiger partial charge in [0.15, 0.2) is 5.82 Å². The maximum absolute atomic E-state index is 13.1. The van der Waals surface area contributed by atoms with Crippen molar-refractivity contribution < 1.29 is 18.0 Å². The minimum atomic E-state index is -4.65. The van der Waals surface area contributed by atoms with E-state index in [4.69, 9.17) is 11.6 Å². The normalized spacial score (nSPS) is 11.3. The molecule has 10 heteroatoms. The van der Waals surface area contributed by atoms with E-state index in [2.05, 4.69) is 25.8 Å². The molecule has 6 nitrogen and oxygen atoms in total. The molecule has 0 radical (unpaired) electrons. The molecule has 3 aromatic rings. The molecule has 2 amide bonds. The van der Waals surface area contributed by atoms with E-state index >= 15 is 0 Å². The fraction of sp³-hybridized carbons (Fsp3) is 0.167. The molecule has 0 bridgehead atoms. The van der Waals surface area contributed by atoms with E-state index in [0.717, 1.165) is 23.3 Å². The van der Waals surface area contributed by atoms with E-state index in [9.17, 15) is 18.0 Å². The lowest BCUT2D eigenvalue weighted by Crippen LogP contribution is -2.29. The van der Waals surface area contributed by atoms with Crippen molar-refractivity contribution in [3.05, 3.63) is 64.4 Å². The van der Waals surface area contributed by atoms with Gasteiger partial charge >= 0.3 is 12.2 Å². The molecule has 0 aliphatic rings. The number of hydrogen-bond donors (Lipinski definition) is 3.